The van der Waals surface area contributed by atoms with Crippen LogP contribution >= 0.6 is 0 Å². The van der Waals surface area contributed by atoms with Gasteiger partial charge in [-0.05, 0) is 64.6 Å². The fourth-order valence-electron chi connectivity index (χ4n) is 7.60. The molecule has 0 aliphatic heterocycles. The van der Waals surface area contributed by atoms with E-state index in [0.717, 1.165) is 46.4 Å². The number of fused-ring (bicyclic) bond motifs is 2. The van der Waals surface area contributed by atoms with Gasteiger partial charge in [0, 0.05) is 22.6 Å². The zero-order valence-corrected chi connectivity index (χ0v) is 26.8. The molecule has 1 unspecified atom stereocenters. The van der Waals surface area contributed by atoms with Crippen molar-refractivity contribution in [2.75, 3.05) is 0 Å². The van der Waals surface area contributed by atoms with Gasteiger partial charge < -0.3 is 0 Å². The normalized spacial score (nSPS) is 17.8. The monoisotopic (exact) mass is 599 g/mol. The van der Waals surface area contributed by atoms with Crippen LogP contribution in [-0.4, -0.2) is 24.5 Å². The summed E-state index contributed by atoms with van der Waals surface area (Å²) in [5, 5.41) is 0. The Kier molecular flexibility index (Phi) is 6.61. The van der Waals surface area contributed by atoms with Crippen molar-refractivity contribution in [3.8, 4) is 40.1 Å². The van der Waals surface area contributed by atoms with E-state index < -0.39 is 0 Å². The molecule has 0 saturated carbocycles. The lowest BCUT2D eigenvalue weighted by Crippen LogP contribution is -2.17. The second-order valence-corrected chi connectivity index (χ2v) is 13.9. The lowest BCUT2D eigenvalue weighted by atomic mass is 9.82. The van der Waals surface area contributed by atoms with Crippen LogP contribution in [0.3, 0.4) is 0 Å². The van der Waals surface area contributed by atoms with Crippen molar-refractivity contribution in [3.63, 3.8) is 0 Å². The van der Waals surface area contributed by atoms with Gasteiger partial charge in [-0.1, -0.05) is 125 Å². The van der Waals surface area contributed by atoms with Gasteiger partial charge in [0.05, 0.1) is 11.0 Å². The number of hydrogen-bond donors (Lipinski definition) is 0. The molecule has 1 atom stereocenters. The van der Waals surface area contributed by atoms with Crippen molar-refractivity contribution in [1.82, 2.24) is 24.5 Å². The highest BCUT2D eigenvalue weighted by atomic mass is 15.2. The molecule has 0 radical (unpaired) electrons. The molecule has 2 heterocycles. The molecule has 0 fully saturated rings. The molecule has 0 bridgehead atoms. The molecule has 5 heteroatoms. The van der Waals surface area contributed by atoms with Crippen molar-refractivity contribution >= 4 is 11.0 Å². The highest BCUT2D eigenvalue weighted by Crippen LogP contribution is 2.50. The van der Waals surface area contributed by atoms with E-state index >= 15 is 0 Å². The third kappa shape index (κ3) is 4.87. The maximum atomic E-state index is 5.21. The Hall–Kier alpha value is -5.16. The fourth-order valence-corrected chi connectivity index (χ4v) is 7.60. The maximum Gasteiger partial charge on any atom is 0.240 e. The van der Waals surface area contributed by atoms with Crippen LogP contribution in [0.5, 0.6) is 0 Å². The molecule has 8 rings (SSSR count). The summed E-state index contributed by atoms with van der Waals surface area (Å²) in [7, 11) is 0. The molecule has 2 aliphatic carbocycles. The minimum atomic E-state index is 0.0604. The number of hydrogen-bond acceptors (Lipinski definition) is 4. The van der Waals surface area contributed by atoms with Crippen molar-refractivity contribution in [2.45, 2.75) is 57.3 Å². The van der Waals surface area contributed by atoms with Crippen LogP contribution in [0.15, 0.2) is 121 Å². The Morgan fingerprint density at radius 1 is 0.630 bits per heavy atom. The van der Waals surface area contributed by atoms with Gasteiger partial charge in [-0.25, -0.2) is 9.97 Å². The number of imidazole rings is 1. The average molecular weight is 600 g/mol. The standard InChI is InChI=1S/C41H37N5/c1-40(2)26-41(3,4)33-25-31(22-23-32(33)40)37-43-36(30-19-13-18-29(24-30)27-14-7-5-8-15-27)44-39(45-37)46-35-21-12-11-20-34(35)42-38(46)28-16-9-6-10-17-28/h5-14,16-25,27H,15,26H2,1-4H3. The topological polar surface area (TPSA) is 56.5 Å². The van der Waals surface area contributed by atoms with Crippen molar-refractivity contribution < 1.29 is 0 Å². The second-order valence-electron chi connectivity index (χ2n) is 13.9. The molecule has 6 aromatic rings. The number of para-hydroxylation sites is 2. The summed E-state index contributed by atoms with van der Waals surface area (Å²) in [6, 6.07) is 33.9. The SMILES string of the molecule is CC1(C)CC(C)(C)c2cc(-c3nc(-c4cccc(C5C=CC=CC5)c4)nc(-n4c(-c5ccccc5)nc5ccccc54)n3)ccc21. The molecule has 5 nitrogen and oxygen atoms in total. The van der Waals surface area contributed by atoms with Crippen molar-refractivity contribution in [3.05, 3.63) is 138 Å². The first-order valence-corrected chi connectivity index (χ1v) is 16.2. The summed E-state index contributed by atoms with van der Waals surface area (Å²) >= 11 is 0. The van der Waals surface area contributed by atoms with Gasteiger partial charge in [-0.3, -0.25) is 4.57 Å². The molecule has 0 saturated heterocycles. The highest BCUT2D eigenvalue weighted by Gasteiger charge is 2.42. The molecule has 2 aromatic heterocycles. The molecule has 0 spiro atoms. The van der Waals surface area contributed by atoms with E-state index in [2.05, 4.69) is 117 Å². The van der Waals surface area contributed by atoms with Gasteiger partial charge in [-0.2, -0.15) is 9.97 Å². The smallest absolute Gasteiger partial charge is 0.240 e. The molecule has 0 amide bonds. The number of rotatable bonds is 5. The number of aromatic nitrogens is 5. The molecule has 46 heavy (non-hydrogen) atoms. The van der Waals surface area contributed by atoms with E-state index in [4.69, 9.17) is 19.9 Å². The highest BCUT2D eigenvalue weighted by molar-refractivity contribution is 5.83. The number of nitrogens with zero attached hydrogens (tertiary/aromatic N) is 5. The Bertz CT molecular complexity index is 2170. The van der Waals surface area contributed by atoms with E-state index in [1.165, 1.54) is 16.7 Å². The van der Waals surface area contributed by atoms with Gasteiger partial charge in [0.2, 0.25) is 5.95 Å². The average Bonchev–Trinajstić information content (AvgIpc) is 3.56. The first kappa shape index (κ1) is 28.3. The quantitative estimate of drug-likeness (QED) is 0.198. The summed E-state index contributed by atoms with van der Waals surface area (Å²) in [6.45, 7) is 9.38. The Balaban J connectivity index is 1.36. The molecule has 226 valence electrons. The molecular weight excluding hydrogens is 562 g/mol. The summed E-state index contributed by atoms with van der Waals surface area (Å²) < 4.78 is 2.08. The second kappa shape index (κ2) is 10.7. The zero-order valence-electron chi connectivity index (χ0n) is 26.8. The summed E-state index contributed by atoms with van der Waals surface area (Å²) in [5.74, 6) is 2.99. The third-order valence-electron chi connectivity index (χ3n) is 9.59. The zero-order chi connectivity index (χ0) is 31.5. The van der Waals surface area contributed by atoms with Gasteiger partial charge in [0.1, 0.15) is 5.82 Å². The van der Waals surface area contributed by atoms with Crippen LogP contribution in [0, 0.1) is 0 Å². The largest absolute Gasteiger partial charge is 0.260 e. The van der Waals surface area contributed by atoms with E-state index in [1.54, 1.807) is 0 Å². The van der Waals surface area contributed by atoms with E-state index in [9.17, 15) is 0 Å². The third-order valence-corrected chi connectivity index (χ3v) is 9.59. The minimum Gasteiger partial charge on any atom is -0.260 e. The van der Waals surface area contributed by atoms with Gasteiger partial charge in [0.25, 0.3) is 0 Å². The summed E-state index contributed by atoms with van der Waals surface area (Å²) in [4.78, 5) is 20.6. The first-order chi connectivity index (χ1) is 22.3. The van der Waals surface area contributed by atoms with E-state index in [1.807, 2.05) is 36.4 Å². The Labute approximate surface area is 270 Å². The number of benzene rings is 4. The van der Waals surface area contributed by atoms with Gasteiger partial charge in [-0.15, -0.1) is 0 Å². The van der Waals surface area contributed by atoms with E-state index in [-0.39, 0.29) is 10.8 Å². The van der Waals surface area contributed by atoms with Gasteiger partial charge >= 0.3 is 0 Å². The Morgan fingerprint density at radius 3 is 2.13 bits per heavy atom. The predicted octanol–water partition coefficient (Wildman–Crippen LogP) is 9.77. The number of allylic oxidation sites excluding steroid dienone is 4. The van der Waals surface area contributed by atoms with Crippen LogP contribution in [0.2, 0.25) is 0 Å². The van der Waals surface area contributed by atoms with Crippen LogP contribution < -0.4 is 0 Å². The maximum absolute atomic E-state index is 5.21. The molecule has 4 aromatic carbocycles. The molecular formula is C41H37N5. The first-order valence-electron chi connectivity index (χ1n) is 16.2. The minimum absolute atomic E-state index is 0.0604. The van der Waals surface area contributed by atoms with Crippen molar-refractivity contribution in [1.29, 1.82) is 0 Å². The lowest BCUT2D eigenvalue weighted by Gasteiger charge is -2.22. The van der Waals surface area contributed by atoms with Gasteiger partial charge in [0.15, 0.2) is 11.6 Å². The Morgan fingerprint density at radius 2 is 1.35 bits per heavy atom. The van der Waals surface area contributed by atoms with E-state index in [0.29, 0.717) is 23.5 Å². The van der Waals surface area contributed by atoms with Crippen LogP contribution in [0.1, 0.15) is 63.1 Å². The van der Waals surface area contributed by atoms with Crippen LogP contribution in [-0.2, 0) is 10.8 Å². The summed E-state index contributed by atoms with van der Waals surface area (Å²) in [6.07, 6.45) is 10.8. The predicted molar refractivity (Wildman–Crippen MR) is 187 cm³/mol. The van der Waals surface area contributed by atoms with Crippen LogP contribution in [0.4, 0.5) is 0 Å². The fraction of sp³-hybridized carbons (Fsp3) is 0.220. The summed E-state index contributed by atoms with van der Waals surface area (Å²) in [5.41, 5.74) is 9.03. The molecule has 2 aliphatic rings. The lowest BCUT2D eigenvalue weighted by molar-refractivity contribution is 0.403. The molecule has 0 N–H and O–H groups in total. The van der Waals surface area contributed by atoms with Crippen molar-refractivity contribution in [2.24, 2.45) is 0 Å². The van der Waals surface area contributed by atoms with Crippen LogP contribution in [0.25, 0.3) is 51.1 Å².